The lowest BCUT2D eigenvalue weighted by Crippen LogP contribution is -2.17. The van der Waals surface area contributed by atoms with Crippen LogP contribution in [0.15, 0.2) is 41.0 Å². The van der Waals surface area contributed by atoms with Gasteiger partial charge in [0.05, 0.1) is 30.1 Å². The highest BCUT2D eigenvalue weighted by Gasteiger charge is 2.09. The molecule has 0 N–H and O–H groups in total. The van der Waals surface area contributed by atoms with Crippen LogP contribution in [0.3, 0.4) is 0 Å². The zero-order valence-corrected chi connectivity index (χ0v) is 9.35. The first kappa shape index (κ1) is 11.2. The molecule has 0 fully saturated rings. The first-order valence-electron chi connectivity index (χ1n) is 5.14. The van der Waals surface area contributed by atoms with Crippen molar-refractivity contribution in [2.75, 3.05) is 11.9 Å². The Balaban J connectivity index is 2.20. The van der Waals surface area contributed by atoms with Crippen LogP contribution in [0, 0.1) is 17.1 Å². The van der Waals surface area contributed by atoms with Crippen molar-refractivity contribution in [2.45, 2.75) is 6.54 Å². The maximum atomic E-state index is 13.7. The second-order valence-electron chi connectivity index (χ2n) is 3.71. The van der Waals surface area contributed by atoms with E-state index in [4.69, 9.17) is 9.68 Å². The van der Waals surface area contributed by atoms with Gasteiger partial charge in [-0.05, 0) is 30.3 Å². The van der Waals surface area contributed by atoms with Gasteiger partial charge in [0.25, 0.3) is 0 Å². The summed E-state index contributed by atoms with van der Waals surface area (Å²) in [6.45, 7) is 0.482. The Labute approximate surface area is 98.7 Å². The van der Waals surface area contributed by atoms with E-state index in [0.717, 1.165) is 5.76 Å². The largest absolute Gasteiger partial charge is 0.467 e. The van der Waals surface area contributed by atoms with Gasteiger partial charge in [-0.15, -0.1) is 0 Å². The highest BCUT2D eigenvalue weighted by Crippen LogP contribution is 2.21. The summed E-state index contributed by atoms with van der Waals surface area (Å²) in [7, 11) is 1.77. The summed E-state index contributed by atoms with van der Waals surface area (Å²) in [6, 6.07) is 9.94. The highest BCUT2D eigenvalue weighted by atomic mass is 19.1. The molecule has 0 aliphatic carbocycles. The molecule has 1 aromatic carbocycles. The molecule has 0 aliphatic heterocycles. The summed E-state index contributed by atoms with van der Waals surface area (Å²) in [6.07, 6.45) is 1.58. The standard InChI is InChI=1S/C13H11FN2O/c1-16(9-11-3-2-6-17-11)13-5-4-10(8-15)7-12(13)14/h2-7H,9H2,1H3. The predicted molar refractivity (Wildman–Crippen MR) is 61.9 cm³/mol. The maximum Gasteiger partial charge on any atom is 0.147 e. The van der Waals surface area contributed by atoms with Crippen molar-refractivity contribution in [1.82, 2.24) is 0 Å². The number of nitrogens with zero attached hydrogens (tertiary/aromatic N) is 2. The molecule has 0 aliphatic rings. The quantitative estimate of drug-likeness (QED) is 0.813. The number of nitriles is 1. The second-order valence-corrected chi connectivity index (χ2v) is 3.71. The monoisotopic (exact) mass is 230 g/mol. The van der Waals surface area contributed by atoms with Crippen LogP contribution in [-0.2, 0) is 6.54 Å². The van der Waals surface area contributed by atoms with Gasteiger partial charge in [0, 0.05) is 7.05 Å². The molecule has 0 unspecified atom stereocenters. The second kappa shape index (κ2) is 4.71. The number of rotatable bonds is 3. The normalized spacial score (nSPS) is 9.94. The van der Waals surface area contributed by atoms with Crippen molar-refractivity contribution in [2.24, 2.45) is 0 Å². The van der Waals surface area contributed by atoms with Crippen LogP contribution in [0.25, 0.3) is 0 Å². The third kappa shape index (κ3) is 2.45. The molecular formula is C13H11FN2O. The Morgan fingerprint density at radius 2 is 2.24 bits per heavy atom. The van der Waals surface area contributed by atoms with E-state index >= 15 is 0 Å². The third-order valence-electron chi connectivity index (χ3n) is 2.46. The fraction of sp³-hybridized carbons (Fsp3) is 0.154. The zero-order valence-electron chi connectivity index (χ0n) is 9.35. The SMILES string of the molecule is CN(Cc1ccco1)c1ccc(C#N)cc1F. The lowest BCUT2D eigenvalue weighted by atomic mass is 10.2. The molecule has 0 spiro atoms. The highest BCUT2D eigenvalue weighted by molar-refractivity contribution is 5.50. The minimum absolute atomic E-state index is 0.317. The van der Waals surface area contributed by atoms with E-state index < -0.39 is 5.82 Å². The van der Waals surface area contributed by atoms with Gasteiger partial charge in [0.15, 0.2) is 0 Å². The molecule has 0 saturated carbocycles. The van der Waals surface area contributed by atoms with Crippen LogP contribution < -0.4 is 4.90 Å². The van der Waals surface area contributed by atoms with Crippen molar-refractivity contribution >= 4 is 5.69 Å². The fourth-order valence-electron chi connectivity index (χ4n) is 1.61. The molecule has 4 heteroatoms. The Hall–Kier alpha value is -2.28. The average molecular weight is 230 g/mol. The van der Waals surface area contributed by atoms with Gasteiger partial charge in [-0.25, -0.2) is 4.39 Å². The number of hydrogen-bond acceptors (Lipinski definition) is 3. The van der Waals surface area contributed by atoms with E-state index in [1.807, 2.05) is 12.1 Å². The summed E-state index contributed by atoms with van der Waals surface area (Å²) in [5.74, 6) is 0.356. The molecule has 86 valence electrons. The molecule has 2 aromatic rings. The molecule has 1 aromatic heterocycles. The van der Waals surface area contributed by atoms with E-state index in [9.17, 15) is 4.39 Å². The summed E-state index contributed by atoms with van der Waals surface area (Å²) >= 11 is 0. The van der Waals surface area contributed by atoms with Crippen molar-refractivity contribution in [1.29, 1.82) is 5.26 Å². The van der Waals surface area contributed by atoms with Gasteiger partial charge in [0.1, 0.15) is 11.6 Å². The molecule has 3 nitrogen and oxygen atoms in total. The lowest BCUT2D eigenvalue weighted by molar-refractivity contribution is 0.505. The fourth-order valence-corrected chi connectivity index (χ4v) is 1.61. The van der Waals surface area contributed by atoms with Crippen molar-refractivity contribution in [3.63, 3.8) is 0 Å². The van der Waals surface area contributed by atoms with Gasteiger partial charge in [-0.3, -0.25) is 0 Å². The minimum Gasteiger partial charge on any atom is -0.467 e. The van der Waals surface area contributed by atoms with Crippen LogP contribution in [0.2, 0.25) is 0 Å². The smallest absolute Gasteiger partial charge is 0.147 e. The van der Waals surface area contributed by atoms with Crippen LogP contribution in [0.4, 0.5) is 10.1 Å². The Morgan fingerprint density at radius 1 is 1.41 bits per heavy atom. The number of benzene rings is 1. The van der Waals surface area contributed by atoms with Crippen LogP contribution in [0.5, 0.6) is 0 Å². The van der Waals surface area contributed by atoms with E-state index in [-0.39, 0.29) is 0 Å². The third-order valence-corrected chi connectivity index (χ3v) is 2.46. The van der Waals surface area contributed by atoms with Crippen LogP contribution in [0.1, 0.15) is 11.3 Å². The molecule has 0 bridgehead atoms. The van der Waals surface area contributed by atoms with E-state index in [1.165, 1.54) is 6.07 Å². The van der Waals surface area contributed by atoms with Gasteiger partial charge in [-0.1, -0.05) is 0 Å². The molecule has 1 heterocycles. The molecule has 0 atom stereocenters. The lowest BCUT2D eigenvalue weighted by Gasteiger charge is -2.18. The maximum absolute atomic E-state index is 13.7. The Morgan fingerprint density at radius 3 is 2.82 bits per heavy atom. The van der Waals surface area contributed by atoms with E-state index in [1.54, 1.807) is 36.4 Å². The van der Waals surface area contributed by atoms with Gasteiger partial charge >= 0.3 is 0 Å². The zero-order chi connectivity index (χ0) is 12.3. The number of halogens is 1. The first-order chi connectivity index (χ1) is 8.20. The van der Waals surface area contributed by atoms with Crippen molar-refractivity contribution in [3.05, 3.63) is 53.7 Å². The summed E-state index contributed by atoms with van der Waals surface area (Å²) in [5, 5.41) is 8.65. The van der Waals surface area contributed by atoms with E-state index in [2.05, 4.69) is 0 Å². The van der Waals surface area contributed by atoms with Crippen LogP contribution >= 0.6 is 0 Å². The van der Waals surface area contributed by atoms with Crippen molar-refractivity contribution < 1.29 is 8.81 Å². The number of anilines is 1. The Kier molecular flexibility index (Phi) is 3.10. The summed E-state index contributed by atoms with van der Waals surface area (Å²) in [4.78, 5) is 1.73. The molecule has 0 saturated heterocycles. The van der Waals surface area contributed by atoms with Gasteiger partial charge in [0.2, 0.25) is 0 Å². The number of furan rings is 1. The molecule has 0 amide bonds. The molecule has 0 radical (unpaired) electrons. The van der Waals surface area contributed by atoms with Gasteiger partial charge in [-0.2, -0.15) is 5.26 Å². The van der Waals surface area contributed by atoms with E-state index in [0.29, 0.717) is 17.8 Å². The molecule has 17 heavy (non-hydrogen) atoms. The topological polar surface area (TPSA) is 40.2 Å². The molecule has 2 rings (SSSR count). The van der Waals surface area contributed by atoms with Gasteiger partial charge < -0.3 is 9.32 Å². The predicted octanol–water partition coefficient (Wildman–Crippen LogP) is 2.93. The first-order valence-corrected chi connectivity index (χ1v) is 5.14. The Bertz CT molecular complexity index is 543. The van der Waals surface area contributed by atoms with Crippen molar-refractivity contribution in [3.8, 4) is 6.07 Å². The average Bonchev–Trinajstić information content (AvgIpc) is 2.81. The molecular weight excluding hydrogens is 219 g/mol. The summed E-state index contributed by atoms with van der Waals surface area (Å²) in [5.41, 5.74) is 0.762. The van der Waals surface area contributed by atoms with Crippen LogP contribution in [-0.4, -0.2) is 7.05 Å². The minimum atomic E-state index is -0.405. The number of hydrogen-bond donors (Lipinski definition) is 0. The summed E-state index contributed by atoms with van der Waals surface area (Å²) < 4.78 is 18.9.